The summed E-state index contributed by atoms with van der Waals surface area (Å²) >= 11 is 5.36. The molecule has 0 aliphatic rings. The van der Waals surface area contributed by atoms with Gasteiger partial charge in [0.25, 0.3) is 0 Å². The van der Waals surface area contributed by atoms with Crippen molar-refractivity contribution < 1.29 is 4.74 Å². The molecule has 0 aromatic rings. The first kappa shape index (κ1) is 7.73. The highest BCUT2D eigenvalue weighted by Gasteiger charge is 1.83. The fourth-order valence-electron chi connectivity index (χ4n) is 0.253. The maximum Gasteiger partial charge on any atom is 0.0821 e. The maximum absolute atomic E-state index is 5.36. The van der Waals surface area contributed by atoms with E-state index in [1.54, 1.807) is 6.08 Å². The largest absolute Gasteiger partial charge is 0.372 e. The summed E-state index contributed by atoms with van der Waals surface area (Å²) in [5.41, 5.74) is 0. The third-order valence-corrected chi connectivity index (χ3v) is 0.603. The van der Waals surface area contributed by atoms with E-state index in [1.165, 1.54) is 0 Å². The lowest BCUT2D eigenvalue weighted by Gasteiger charge is -1.94. The zero-order valence-electron chi connectivity index (χ0n) is 4.69. The van der Waals surface area contributed by atoms with Crippen LogP contribution in [0, 0.1) is 0 Å². The SMILES string of the molecule is C=CCOCC(=C)Cl. The van der Waals surface area contributed by atoms with Gasteiger partial charge in [0.05, 0.1) is 13.2 Å². The molecule has 0 fully saturated rings. The predicted octanol–water partition coefficient (Wildman–Crippen LogP) is 1.94. The van der Waals surface area contributed by atoms with Crippen LogP contribution in [-0.2, 0) is 4.74 Å². The van der Waals surface area contributed by atoms with Crippen molar-refractivity contribution in [3.63, 3.8) is 0 Å². The first-order valence-corrected chi connectivity index (χ1v) is 2.67. The van der Waals surface area contributed by atoms with Gasteiger partial charge in [0.15, 0.2) is 0 Å². The van der Waals surface area contributed by atoms with Gasteiger partial charge in [0, 0.05) is 5.03 Å². The van der Waals surface area contributed by atoms with Gasteiger partial charge in [0.1, 0.15) is 0 Å². The van der Waals surface area contributed by atoms with Gasteiger partial charge in [-0.2, -0.15) is 0 Å². The van der Waals surface area contributed by atoms with E-state index < -0.39 is 0 Å². The lowest BCUT2D eigenvalue weighted by Crippen LogP contribution is -1.91. The van der Waals surface area contributed by atoms with Crippen molar-refractivity contribution in [1.29, 1.82) is 0 Å². The first-order valence-electron chi connectivity index (χ1n) is 2.29. The van der Waals surface area contributed by atoms with Crippen molar-refractivity contribution >= 4 is 11.6 Å². The van der Waals surface area contributed by atoms with E-state index in [0.29, 0.717) is 18.2 Å². The van der Waals surface area contributed by atoms with E-state index in [4.69, 9.17) is 16.3 Å². The fourth-order valence-corrected chi connectivity index (χ4v) is 0.330. The van der Waals surface area contributed by atoms with Crippen LogP contribution in [0.25, 0.3) is 0 Å². The molecule has 0 spiro atoms. The second-order valence-corrected chi connectivity index (χ2v) is 1.86. The smallest absolute Gasteiger partial charge is 0.0821 e. The molecule has 1 nitrogen and oxygen atoms in total. The van der Waals surface area contributed by atoms with E-state index >= 15 is 0 Å². The Hall–Kier alpha value is -0.270. The van der Waals surface area contributed by atoms with Crippen molar-refractivity contribution in [2.24, 2.45) is 0 Å². The van der Waals surface area contributed by atoms with Crippen LogP contribution in [0.5, 0.6) is 0 Å². The van der Waals surface area contributed by atoms with Crippen LogP contribution in [-0.4, -0.2) is 13.2 Å². The highest BCUT2D eigenvalue weighted by molar-refractivity contribution is 6.29. The number of hydrogen-bond acceptors (Lipinski definition) is 1. The van der Waals surface area contributed by atoms with Crippen molar-refractivity contribution in [1.82, 2.24) is 0 Å². The van der Waals surface area contributed by atoms with Gasteiger partial charge in [-0.25, -0.2) is 0 Å². The summed E-state index contributed by atoms with van der Waals surface area (Å²) in [5.74, 6) is 0. The topological polar surface area (TPSA) is 9.23 Å². The Kier molecular flexibility index (Phi) is 4.71. The Morgan fingerprint density at radius 2 is 2.38 bits per heavy atom. The van der Waals surface area contributed by atoms with E-state index in [1.807, 2.05) is 0 Å². The van der Waals surface area contributed by atoms with E-state index in [2.05, 4.69) is 13.2 Å². The molecule has 0 bridgehead atoms. The van der Waals surface area contributed by atoms with Gasteiger partial charge in [-0.1, -0.05) is 24.3 Å². The van der Waals surface area contributed by atoms with E-state index in [9.17, 15) is 0 Å². The lowest BCUT2D eigenvalue weighted by atomic mass is 10.6. The number of rotatable bonds is 4. The lowest BCUT2D eigenvalue weighted by molar-refractivity contribution is 0.192. The summed E-state index contributed by atoms with van der Waals surface area (Å²) in [6.45, 7) is 7.84. The summed E-state index contributed by atoms with van der Waals surface area (Å²) in [6.07, 6.45) is 1.67. The van der Waals surface area contributed by atoms with Gasteiger partial charge < -0.3 is 4.74 Å². The molecule has 0 saturated carbocycles. The van der Waals surface area contributed by atoms with E-state index in [0.717, 1.165) is 0 Å². The summed E-state index contributed by atoms with van der Waals surface area (Å²) in [5, 5.41) is 0.520. The van der Waals surface area contributed by atoms with Crippen LogP contribution in [0.3, 0.4) is 0 Å². The molecule has 2 heteroatoms. The van der Waals surface area contributed by atoms with Gasteiger partial charge in [-0.3, -0.25) is 0 Å². The molecular weight excluding hydrogens is 124 g/mol. The van der Waals surface area contributed by atoms with Crippen LogP contribution in [0.1, 0.15) is 0 Å². The molecule has 8 heavy (non-hydrogen) atoms. The standard InChI is InChI=1S/C6H9ClO/c1-3-4-8-5-6(2)7/h3H,1-2,4-5H2. The average Bonchev–Trinajstić information content (AvgIpc) is 1.66. The van der Waals surface area contributed by atoms with Crippen molar-refractivity contribution in [3.05, 3.63) is 24.3 Å². The normalized spacial score (nSPS) is 8.62. The Morgan fingerprint density at radius 1 is 1.75 bits per heavy atom. The minimum absolute atomic E-state index is 0.410. The summed E-state index contributed by atoms with van der Waals surface area (Å²) in [4.78, 5) is 0. The zero-order chi connectivity index (χ0) is 6.41. The molecule has 0 aliphatic heterocycles. The van der Waals surface area contributed by atoms with Crippen LogP contribution in [0.15, 0.2) is 24.3 Å². The molecular formula is C6H9ClO. The van der Waals surface area contributed by atoms with E-state index in [-0.39, 0.29) is 0 Å². The Morgan fingerprint density at radius 3 is 2.75 bits per heavy atom. The summed E-state index contributed by atoms with van der Waals surface area (Å²) in [7, 11) is 0. The first-order chi connectivity index (χ1) is 3.77. The average molecular weight is 133 g/mol. The molecule has 0 heterocycles. The van der Waals surface area contributed by atoms with Crippen molar-refractivity contribution in [2.45, 2.75) is 0 Å². The summed E-state index contributed by atoms with van der Waals surface area (Å²) < 4.78 is 4.89. The second kappa shape index (κ2) is 4.88. The molecule has 46 valence electrons. The van der Waals surface area contributed by atoms with Gasteiger partial charge in [-0.15, -0.1) is 6.58 Å². The molecule has 0 saturated heterocycles. The van der Waals surface area contributed by atoms with Crippen LogP contribution < -0.4 is 0 Å². The summed E-state index contributed by atoms with van der Waals surface area (Å²) in [6, 6.07) is 0. The van der Waals surface area contributed by atoms with Gasteiger partial charge >= 0.3 is 0 Å². The van der Waals surface area contributed by atoms with Crippen molar-refractivity contribution in [2.75, 3.05) is 13.2 Å². The Balaban J connectivity index is 2.93. The minimum atomic E-state index is 0.410. The van der Waals surface area contributed by atoms with Crippen LogP contribution in [0.2, 0.25) is 0 Å². The fraction of sp³-hybridized carbons (Fsp3) is 0.333. The molecule has 0 unspecified atom stereocenters. The van der Waals surface area contributed by atoms with Gasteiger partial charge in [-0.05, 0) is 0 Å². The predicted molar refractivity (Wildman–Crippen MR) is 36.0 cm³/mol. The zero-order valence-corrected chi connectivity index (χ0v) is 5.45. The van der Waals surface area contributed by atoms with Crippen molar-refractivity contribution in [3.8, 4) is 0 Å². The minimum Gasteiger partial charge on any atom is -0.372 e. The number of ether oxygens (including phenoxy) is 1. The second-order valence-electron chi connectivity index (χ2n) is 1.32. The monoisotopic (exact) mass is 132 g/mol. The highest BCUT2D eigenvalue weighted by Crippen LogP contribution is 1.95. The third kappa shape index (κ3) is 5.73. The molecule has 0 rings (SSSR count). The molecule has 0 atom stereocenters. The molecule has 0 N–H and O–H groups in total. The maximum atomic E-state index is 5.36. The molecule has 0 aliphatic carbocycles. The van der Waals surface area contributed by atoms with Crippen LogP contribution >= 0.6 is 11.6 Å². The third-order valence-electron chi connectivity index (χ3n) is 0.494. The highest BCUT2D eigenvalue weighted by atomic mass is 35.5. The number of hydrogen-bond donors (Lipinski definition) is 0. The Labute approximate surface area is 54.6 Å². The molecule has 0 aromatic heterocycles. The quantitative estimate of drug-likeness (QED) is 0.420. The molecule has 0 aromatic carbocycles. The number of halogens is 1. The molecule has 0 amide bonds. The Bertz CT molecular complexity index is 88.5. The van der Waals surface area contributed by atoms with Gasteiger partial charge in [0.2, 0.25) is 0 Å². The van der Waals surface area contributed by atoms with Crippen LogP contribution in [0.4, 0.5) is 0 Å². The molecule has 0 radical (unpaired) electrons.